The quantitative estimate of drug-likeness (QED) is 0.485. The van der Waals surface area contributed by atoms with Crippen LogP contribution in [0.3, 0.4) is 0 Å². The summed E-state index contributed by atoms with van der Waals surface area (Å²) in [5, 5.41) is 5.78. The van der Waals surface area contributed by atoms with Crippen molar-refractivity contribution in [3.8, 4) is 0 Å². The highest BCUT2D eigenvalue weighted by molar-refractivity contribution is 5.81. The summed E-state index contributed by atoms with van der Waals surface area (Å²) in [6.07, 6.45) is 2.84. The monoisotopic (exact) mass is 187 g/mol. The number of nitrogens with two attached hydrogens (primary N) is 1. The van der Waals surface area contributed by atoms with E-state index in [1.807, 2.05) is 14.0 Å². The largest absolute Gasteiger partial charge is 0.355 e. The molecule has 78 valence electrons. The summed E-state index contributed by atoms with van der Waals surface area (Å²) in [7, 11) is 1.81. The van der Waals surface area contributed by atoms with Gasteiger partial charge < -0.3 is 16.4 Å². The predicted molar refractivity (Wildman–Crippen MR) is 54.4 cm³/mol. The van der Waals surface area contributed by atoms with Crippen LogP contribution in [0, 0.1) is 0 Å². The van der Waals surface area contributed by atoms with Crippen LogP contribution in [0.5, 0.6) is 0 Å². The number of hydrogen-bond donors (Lipinski definition) is 3. The van der Waals surface area contributed by atoms with Gasteiger partial charge in [-0.05, 0) is 33.4 Å². The standard InChI is InChI=1S/C9H21N3O/c1-3-12-9(13)8(11-2)6-4-5-7-10/h8,11H,3-7,10H2,1-2H3,(H,12,13). The maximum Gasteiger partial charge on any atom is 0.237 e. The zero-order chi connectivity index (χ0) is 10.1. The van der Waals surface area contributed by atoms with E-state index in [-0.39, 0.29) is 11.9 Å². The van der Waals surface area contributed by atoms with Gasteiger partial charge in [-0.25, -0.2) is 0 Å². The zero-order valence-corrected chi connectivity index (χ0v) is 8.60. The van der Waals surface area contributed by atoms with Crippen LogP contribution in [-0.2, 0) is 4.79 Å². The number of likely N-dealkylation sites (N-methyl/N-ethyl adjacent to an activating group) is 2. The molecule has 1 amide bonds. The van der Waals surface area contributed by atoms with Crippen LogP contribution < -0.4 is 16.4 Å². The lowest BCUT2D eigenvalue weighted by atomic mass is 10.1. The van der Waals surface area contributed by atoms with E-state index in [9.17, 15) is 4.79 Å². The van der Waals surface area contributed by atoms with E-state index in [2.05, 4.69) is 10.6 Å². The fourth-order valence-electron chi connectivity index (χ4n) is 1.20. The van der Waals surface area contributed by atoms with Crippen molar-refractivity contribution in [1.29, 1.82) is 0 Å². The average molecular weight is 187 g/mol. The third-order valence-electron chi connectivity index (χ3n) is 1.96. The molecule has 1 unspecified atom stereocenters. The van der Waals surface area contributed by atoms with E-state index < -0.39 is 0 Å². The molecule has 4 N–H and O–H groups in total. The Morgan fingerprint density at radius 2 is 2.15 bits per heavy atom. The molecule has 0 aromatic heterocycles. The van der Waals surface area contributed by atoms with Gasteiger partial charge in [0.25, 0.3) is 0 Å². The van der Waals surface area contributed by atoms with Gasteiger partial charge >= 0.3 is 0 Å². The van der Waals surface area contributed by atoms with Gasteiger partial charge in [0, 0.05) is 6.54 Å². The summed E-state index contributed by atoms with van der Waals surface area (Å²) in [4.78, 5) is 11.4. The van der Waals surface area contributed by atoms with Crippen molar-refractivity contribution in [3.63, 3.8) is 0 Å². The summed E-state index contributed by atoms with van der Waals surface area (Å²) in [6.45, 7) is 3.31. The highest BCUT2D eigenvalue weighted by atomic mass is 16.2. The second-order valence-corrected chi connectivity index (χ2v) is 3.02. The first-order valence-corrected chi connectivity index (χ1v) is 4.91. The third kappa shape index (κ3) is 5.60. The Labute approximate surface area is 80.3 Å². The van der Waals surface area contributed by atoms with Crippen molar-refractivity contribution >= 4 is 5.91 Å². The van der Waals surface area contributed by atoms with Crippen molar-refractivity contribution in [1.82, 2.24) is 10.6 Å². The maximum atomic E-state index is 11.4. The third-order valence-corrected chi connectivity index (χ3v) is 1.96. The molecule has 0 aliphatic heterocycles. The molecule has 0 aliphatic rings. The predicted octanol–water partition coefficient (Wildman–Crippen LogP) is -0.160. The van der Waals surface area contributed by atoms with Crippen LogP contribution in [0.4, 0.5) is 0 Å². The number of amides is 1. The number of hydrogen-bond acceptors (Lipinski definition) is 3. The number of rotatable bonds is 7. The smallest absolute Gasteiger partial charge is 0.237 e. The summed E-state index contributed by atoms with van der Waals surface area (Å²) in [5.74, 6) is 0.0852. The van der Waals surface area contributed by atoms with Gasteiger partial charge in [-0.1, -0.05) is 6.42 Å². The minimum Gasteiger partial charge on any atom is -0.355 e. The van der Waals surface area contributed by atoms with Crippen molar-refractivity contribution in [2.24, 2.45) is 5.73 Å². The van der Waals surface area contributed by atoms with Crippen LogP contribution in [0.15, 0.2) is 0 Å². The Balaban J connectivity index is 3.67. The Morgan fingerprint density at radius 3 is 2.62 bits per heavy atom. The summed E-state index contributed by atoms with van der Waals surface area (Å²) < 4.78 is 0. The van der Waals surface area contributed by atoms with Gasteiger partial charge in [0.1, 0.15) is 0 Å². The molecule has 0 saturated heterocycles. The van der Waals surface area contributed by atoms with Crippen molar-refractivity contribution in [2.75, 3.05) is 20.1 Å². The molecule has 0 aromatic carbocycles. The van der Waals surface area contributed by atoms with Crippen molar-refractivity contribution in [3.05, 3.63) is 0 Å². The summed E-state index contributed by atoms with van der Waals surface area (Å²) in [6, 6.07) is -0.0634. The first-order valence-electron chi connectivity index (χ1n) is 4.91. The molecule has 0 fully saturated rings. The van der Waals surface area contributed by atoms with Gasteiger partial charge in [0.05, 0.1) is 6.04 Å². The fourth-order valence-corrected chi connectivity index (χ4v) is 1.20. The van der Waals surface area contributed by atoms with E-state index in [4.69, 9.17) is 5.73 Å². The second kappa shape index (κ2) is 8.01. The lowest BCUT2D eigenvalue weighted by molar-refractivity contribution is -0.123. The second-order valence-electron chi connectivity index (χ2n) is 3.02. The van der Waals surface area contributed by atoms with Gasteiger partial charge in [-0.3, -0.25) is 4.79 Å². The fraction of sp³-hybridized carbons (Fsp3) is 0.889. The van der Waals surface area contributed by atoms with Gasteiger partial charge in [0.2, 0.25) is 5.91 Å². The molecular weight excluding hydrogens is 166 g/mol. The highest BCUT2D eigenvalue weighted by Crippen LogP contribution is 1.99. The number of unbranched alkanes of at least 4 members (excludes halogenated alkanes) is 1. The van der Waals surface area contributed by atoms with Gasteiger partial charge in [-0.2, -0.15) is 0 Å². The zero-order valence-electron chi connectivity index (χ0n) is 8.60. The average Bonchev–Trinajstić information content (AvgIpc) is 2.13. The van der Waals surface area contributed by atoms with Crippen LogP contribution in [0.2, 0.25) is 0 Å². The van der Waals surface area contributed by atoms with Crippen molar-refractivity contribution in [2.45, 2.75) is 32.2 Å². The molecule has 0 aliphatic carbocycles. The molecule has 0 radical (unpaired) electrons. The lowest BCUT2D eigenvalue weighted by Gasteiger charge is -2.14. The van der Waals surface area contributed by atoms with Crippen LogP contribution >= 0.6 is 0 Å². The molecule has 0 aromatic rings. The molecule has 4 nitrogen and oxygen atoms in total. The minimum atomic E-state index is -0.0634. The van der Waals surface area contributed by atoms with E-state index in [1.165, 1.54) is 0 Å². The van der Waals surface area contributed by atoms with Gasteiger partial charge in [0.15, 0.2) is 0 Å². The minimum absolute atomic E-state index is 0.0634. The normalized spacial score (nSPS) is 12.5. The SMILES string of the molecule is CCNC(=O)C(CCCCN)NC. The first kappa shape index (κ1) is 12.4. The molecule has 0 heterocycles. The Bertz CT molecular complexity index is 139. The number of carbonyl (C=O) groups is 1. The van der Waals surface area contributed by atoms with Crippen LogP contribution in [0.1, 0.15) is 26.2 Å². The number of carbonyl (C=O) groups excluding carboxylic acids is 1. The summed E-state index contributed by atoms with van der Waals surface area (Å²) in [5.41, 5.74) is 5.37. The molecule has 13 heavy (non-hydrogen) atoms. The Kier molecular flexibility index (Phi) is 7.63. The number of nitrogens with one attached hydrogen (secondary N) is 2. The molecule has 4 heteroatoms. The van der Waals surface area contributed by atoms with Crippen LogP contribution in [-0.4, -0.2) is 32.1 Å². The molecule has 0 bridgehead atoms. The van der Waals surface area contributed by atoms with Crippen molar-refractivity contribution < 1.29 is 4.79 Å². The van der Waals surface area contributed by atoms with E-state index in [1.54, 1.807) is 0 Å². The summed E-state index contributed by atoms with van der Waals surface area (Å²) >= 11 is 0. The topological polar surface area (TPSA) is 67.2 Å². The molecule has 0 spiro atoms. The highest BCUT2D eigenvalue weighted by Gasteiger charge is 2.13. The van der Waals surface area contributed by atoms with Crippen LogP contribution in [0.25, 0.3) is 0 Å². The molecule has 0 rings (SSSR count). The van der Waals surface area contributed by atoms with E-state index in [0.29, 0.717) is 13.1 Å². The lowest BCUT2D eigenvalue weighted by Crippen LogP contribution is -2.42. The Hall–Kier alpha value is -0.610. The van der Waals surface area contributed by atoms with E-state index in [0.717, 1.165) is 19.3 Å². The molecular formula is C9H21N3O. The molecule has 0 saturated carbocycles. The first-order chi connectivity index (χ1) is 6.26. The Morgan fingerprint density at radius 1 is 1.46 bits per heavy atom. The van der Waals surface area contributed by atoms with E-state index >= 15 is 0 Å². The molecule has 1 atom stereocenters. The van der Waals surface area contributed by atoms with Gasteiger partial charge in [-0.15, -0.1) is 0 Å². The maximum absolute atomic E-state index is 11.4.